The Labute approximate surface area is 130 Å². The van der Waals surface area contributed by atoms with E-state index in [4.69, 9.17) is 16.3 Å². The van der Waals surface area contributed by atoms with E-state index in [2.05, 4.69) is 15.3 Å². The van der Waals surface area contributed by atoms with Gasteiger partial charge in [-0.2, -0.15) is 0 Å². The Kier molecular flexibility index (Phi) is 6.11. The second kappa shape index (κ2) is 8.08. The van der Waals surface area contributed by atoms with Crippen LogP contribution in [-0.2, 0) is 17.7 Å². The SMILES string of the molecule is COCCNCc1cc(C)nc(Cc2ccc(Cl)cc2)n1. The third-order valence-corrected chi connectivity index (χ3v) is 3.27. The Bertz CT molecular complexity index is 572. The predicted molar refractivity (Wildman–Crippen MR) is 84.6 cm³/mol. The largest absolute Gasteiger partial charge is 0.383 e. The van der Waals surface area contributed by atoms with Crippen molar-refractivity contribution in [3.8, 4) is 0 Å². The zero-order valence-corrected chi connectivity index (χ0v) is 13.2. The maximum atomic E-state index is 5.90. The van der Waals surface area contributed by atoms with Gasteiger partial charge in [0.05, 0.1) is 12.3 Å². The van der Waals surface area contributed by atoms with Gasteiger partial charge in [-0.05, 0) is 30.7 Å². The van der Waals surface area contributed by atoms with Crippen molar-refractivity contribution in [1.29, 1.82) is 0 Å². The van der Waals surface area contributed by atoms with Gasteiger partial charge in [-0.25, -0.2) is 9.97 Å². The van der Waals surface area contributed by atoms with Crippen molar-refractivity contribution in [1.82, 2.24) is 15.3 Å². The van der Waals surface area contributed by atoms with Gasteiger partial charge in [-0.15, -0.1) is 0 Å². The highest BCUT2D eigenvalue weighted by atomic mass is 35.5. The minimum atomic E-state index is 0.696. The molecule has 0 amide bonds. The normalized spacial score (nSPS) is 10.8. The molecule has 0 bridgehead atoms. The molecular formula is C16H20ClN3O. The number of benzene rings is 1. The average molecular weight is 306 g/mol. The molecule has 0 unspecified atom stereocenters. The molecule has 0 saturated heterocycles. The molecule has 21 heavy (non-hydrogen) atoms. The lowest BCUT2D eigenvalue weighted by molar-refractivity contribution is 0.199. The zero-order valence-electron chi connectivity index (χ0n) is 12.4. The van der Waals surface area contributed by atoms with Crippen molar-refractivity contribution in [2.45, 2.75) is 19.9 Å². The topological polar surface area (TPSA) is 47.0 Å². The first kappa shape index (κ1) is 15.9. The van der Waals surface area contributed by atoms with Crippen LogP contribution in [0.1, 0.15) is 22.8 Å². The van der Waals surface area contributed by atoms with E-state index in [-0.39, 0.29) is 0 Å². The summed E-state index contributed by atoms with van der Waals surface area (Å²) in [5.41, 5.74) is 3.14. The highest BCUT2D eigenvalue weighted by Gasteiger charge is 2.04. The van der Waals surface area contributed by atoms with Crippen LogP contribution in [0.2, 0.25) is 5.02 Å². The minimum Gasteiger partial charge on any atom is -0.383 e. The fourth-order valence-corrected chi connectivity index (χ4v) is 2.17. The molecule has 0 spiro atoms. The van der Waals surface area contributed by atoms with Crippen molar-refractivity contribution >= 4 is 11.6 Å². The Balaban J connectivity index is 2.02. The molecular weight excluding hydrogens is 286 g/mol. The monoisotopic (exact) mass is 305 g/mol. The van der Waals surface area contributed by atoms with Gasteiger partial charge in [0.2, 0.25) is 0 Å². The summed E-state index contributed by atoms with van der Waals surface area (Å²) in [4.78, 5) is 9.10. The first-order chi connectivity index (χ1) is 10.2. The van der Waals surface area contributed by atoms with Crippen molar-refractivity contribution in [2.24, 2.45) is 0 Å². The average Bonchev–Trinajstić information content (AvgIpc) is 2.46. The molecule has 0 aliphatic carbocycles. The number of rotatable bonds is 7. The molecule has 1 heterocycles. The number of halogens is 1. The maximum Gasteiger partial charge on any atom is 0.133 e. The lowest BCUT2D eigenvalue weighted by Crippen LogP contribution is -2.20. The summed E-state index contributed by atoms with van der Waals surface area (Å²) < 4.78 is 5.01. The van der Waals surface area contributed by atoms with Gasteiger partial charge in [0.25, 0.3) is 0 Å². The molecule has 1 aromatic heterocycles. The quantitative estimate of drug-likeness (QED) is 0.799. The Hall–Kier alpha value is -1.49. The van der Waals surface area contributed by atoms with Gasteiger partial charge in [-0.1, -0.05) is 23.7 Å². The highest BCUT2D eigenvalue weighted by molar-refractivity contribution is 6.30. The van der Waals surface area contributed by atoms with Gasteiger partial charge in [0.15, 0.2) is 0 Å². The molecule has 112 valence electrons. The second-order valence-corrected chi connectivity index (χ2v) is 5.33. The Morgan fingerprint density at radius 3 is 2.67 bits per heavy atom. The molecule has 1 aromatic carbocycles. The molecule has 2 aromatic rings. The molecule has 4 nitrogen and oxygen atoms in total. The maximum absolute atomic E-state index is 5.90. The number of nitrogens with one attached hydrogen (secondary N) is 1. The number of hydrogen-bond acceptors (Lipinski definition) is 4. The van der Waals surface area contributed by atoms with E-state index >= 15 is 0 Å². The predicted octanol–water partition coefficient (Wildman–Crippen LogP) is 2.77. The number of methoxy groups -OCH3 is 1. The smallest absolute Gasteiger partial charge is 0.133 e. The fraction of sp³-hybridized carbons (Fsp3) is 0.375. The first-order valence-corrected chi connectivity index (χ1v) is 7.32. The van der Waals surface area contributed by atoms with Crippen molar-refractivity contribution in [3.63, 3.8) is 0 Å². The van der Waals surface area contributed by atoms with E-state index in [1.54, 1.807) is 7.11 Å². The number of aryl methyl sites for hydroxylation is 1. The van der Waals surface area contributed by atoms with Crippen LogP contribution < -0.4 is 5.32 Å². The minimum absolute atomic E-state index is 0.696. The number of nitrogens with zero attached hydrogens (tertiary/aromatic N) is 2. The summed E-state index contributed by atoms with van der Waals surface area (Å²) in [6, 6.07) is 9.79. The summed E-state index contributed by atoms with van der Waals surface area (Å²) in [6.07, 6.45) is 0.712. The van der Waals surface area contributed by atoms with E-state index in [1.807, 2.05) is 37.3 Å². The summed E-state index contributed by atoms with van der Waals surface area (Å²) in [5.74, 6) is 0.834. The summed E-state index contributed by atoms with van der Waals surface area (Å²) in [7, 11) is 1.70. The molecule has 2 rings (SSSR count). The summed E-state index contributed by atoms with van der Waals surface area (Å²) in [6.45, 7) is 4.22. The molecule has 1 N–H and O–H groups in total. The van der Waals surface area contributed by atoms with E-state index in [0.29, 0.717) is 13.0 Å². The molecule has 0 aliphatic heterocycles. The lowest BCUT2D eigenvalue weighted by Gasteiger charge is -2.07. The molecule has 0 saturated carbocycles. The van der Waals surface area contributed by atoms with Crippen molar-refractivity contribution < 1.29 is 4.74 Å². The van der Waals surface area contributed by atoms with Crippen LogP contribution >= 0.6 is 11.6 Å². The number of hydrogen-bond donors (Lipinski definition) is 1. The second-order valence-electron chi connectivity index (χ2n) is 4.89. The van der Waals surface area contributed by atoms with Gasteiger partial charge in [0.1, 0.15) is 5.82 Å². The van der Waals surface area contributed by atoms with E-state index < -0.39 is 0 Å². The van der Waals surface area contributed by atoms with Gasteiger partial charge in [-0.3, -0.25) is 0 Å². The van der Waals surface area contributed by atoms with Gasteiger partial charge in [0, 0.05) is 37.3 Å². The van der Waals surface area contributed by atoms with Crippen LogP contribution in [-0.4, -0.2) is 30.2 Å². The molecule has 0 atom stereocenters. The molecule has 5 heteroatoms. The molecule has 0 radical (unpaired) electrons. The summed E-state index contributed by atoms with van der Waals surface area (Å²) in [5, 5.41) is 4.04. The third kappa shape index (κ3) is 5.42. The first-order valence-electron chi connectivity index (χ1n) is 6.95. The third-order valence-electron chi connectivity index (χ3n) is 3.02. The van der Waals surface area contributed by atoms with E-state index in [9.17, 15) is 0 Å². The van der Waals surface area contributed by atoms with Crippen molar-refractivity contribution in [3.05, 3.63) is 58.1 Å². The van der Waals surface area contributed by atoms with E-state index in [0.717, 1.165) is 40.9 Å². The fourth-order valence-electron chi connectivity index (χ4n) is 2.05. The van der Waals surface area contributed by atoms with Crippen LogP contribution in [0.25, 0.3) is 0 Å². The molecule has 0 fully saturated rings. The van der Waals surface area contributed by atoms with Crippen LogP contribution in [0.5, 0.6) is 0 Å². The Morgan fingerprint density at radius 1 is 1.19 bits per heavy atom. The van der Waals surface area contributed by atoms with Crippen LogP contribution in [0, 0.1) is 6.92 Å². The van der Waals surface area contributed by atoms with Gasteiger partial charge < -0.3 is 10.1 Å². The number of ether oxygens (including phenoxy) is 1. The lowest BCUT2D eigenvalue weighted by atomic mass is 10.1. The standard InChI is InChI=1S/C16H20ClN3O/c1-12-9-15(11-18-7-8-21-2)20-16(19-12)10-13-3-5-14(17)6-4-13/h3-6,9,18H,7-8,10-11H2,1-2H3. The summed E-state index contributed by atoms with van der Waals surface area (Å²) >= 11 is 5.90. The van der Waals surface area contributed by atoms with Crippen molar-refractivity contribution in [2.75, 3.05) is 20.3 Å². The van der Waals surface area contributed by atoms with Gasteiger partial charge >= 0.3 is 0 Å². The zero-order chi connectivity index (χ0) is 15.1. The van der Waals surface area contributed by atoms with Crippen LogP contribution in [0.15, 0.2) is 30.3 Å². The van der Waals surface area contributed by atoms with Crippen LogP contribution in [0.3, 0.4) is 0 Å². The highest BCUT2D eigenvalue weighted by Crippen LogP contribution is 2.12. The molecule has 0 aliphatic rings. The van der Waals surface area contributed by atoms with Crippen LogP contribution in [0.4, 0.5) is 0 Å². The Morgan fingerprint density at radius 2 is 1.95 bits per heavy atom. The number of aromatic nitrogens is 2. The van der Waals surface area contributed by atoms with E-state index in [1.165, 1.54) is 0 Å².